The summed E-state index contributed by atoms with van der Waals surface area (Å²) in [6.45, 7) is 2.20. The highest BCUT2D eigenvalue weighted by Crippen LogP contribution is 2.23. The fourth-order valence-electron chi connectivity index (χ4n) is 2.02. The van der Waals surface area contributed by atoms with Crippen LogP contribution in [-0.4, -0.2) is 17.6 Å². The number of esters is 1. The van der Waals surface area contributed by atoms with Gasteiger partial charge in [-0.05, 0) is 42.7 Å². The molecule has 0 saturated heterocycles. The molecule has 0 fully saturated rings. The van der Waals surface area contributed by atoms with E-state index in [9.17, 15) is 4.79 Å². The molecule has 1 unspecified atom stereocenters. The Morgan fingerprint density at radius 3 is 2.65 bits per heavy atom. The van der Waals surface area contributed by atoms with Crippen molar-refractivity contribution in [2.45, 2.75) is 19.3 Å². The normalized spacial score (nSPS) is 11.9. The highest BCUT2D eigenvalue weighted by molar-refractivity contribution is 9.10. The first-order chi connectivity index (χ1) is 9.70. The van der Waals surface area contributed by atoms with Crippen LogP contribution < -0.4 is 0 Å². The Hall–Kier alpha value is -1.68. The van der Waals surface area contributed by atoms with Gasteiger partial charge < -0.3 is 4.74 Å². The minimum absolute atomic E-state index is 0.205. The van der Waals surface area contributed by atoms with Crippen molar-refractivity contribution in [3.63, 3.8) is 0 Å². The molecule has 0 radical (unpaired) electrons. The molecule has 1 aromatic heterocycles. The summed E-state index contributed by atoms with van der Waals surface area (Å²) >= 11 is 3.41. The van der Waals surface area contributed by atoms with Crippen LogP contribution in [0.15, 0.2) is 53.3 Å². The number of hydrogen-bond donors (Lipinski definition) is 0. The van der Waals surface area contributed by atoms with Crippen LogP contribution in [0.3, 0.4) is 0 Å². The summed E-state index contributed by atoms with van der Waals surface area (Å²) in [7, 11) is 0. The van der Waals surface area contributed by atoms with Crippen molar-refractivity contribution in [2.24, 2.45) is 0 Å². The highest BCUT2D eigenvalue weighted by atomic mass is 79.9. The lowest BCUT2D eigenvalue weighted by molar-refractivity contribution is -0.144. The minimum Gasteiger partial charge on any atom is -0.466 e. The molecule has 2 aromatic rings. The van der Waals surface area contributed by atoms with Crippen LogP contribution in [0.2, 0.25) is 0 Å². The number of nitrogens with zero attached hydrogens (tertiary/aromatic N) is 1. The van der Waals surface area contributed by atoms with E-state index in [0.29, 0.717) is 13.0 Å². The van der Waals surface area contributed by atoms with Crippen molar-refractivity contribution in [1.29, 1.82) is 0 Å². The molecule has 0 bridgehead atoms. The van der Waals surface area contributed by atoms with Crippen LogP contribution in [-0.2, 0) is 16.0 Å². The van der Waals surface area contributed by atoms with Crippen molar-refractivity contribution in [3.05, 3.63) is 64.4 Å². The summed E-state index contributed by atoms with van der Waals surface area (Å²) in [5.41, 5.74) is 1.98. The average molecular weight is 334 g/mol. The smallest absolute Gasteiger partial charge is 0.313 e. The largest absolute Gasteiger partial charge is 0.466 e. The predicted octanol–water partition coefficient (Wildman–Crippen LogP) is 3.73. The minimum atomic E-state index is -0.315. The number of pyridine rings is 1. The van der Waals surface area contributed by atoms with E-state index in [1.807, 2.05) is 43.3 Å². The molecule has 1 aromatic carbocycles. The Kier molecular flexibility index (Phi) is 5.30. The first kappa shape index (κ1) is 14.7. The van der Waals surface area contributed by atoms with E-state index < -0.39 is 0 Å². The van der Waals surface area contributed by atoms with Gasteiger partial charge in [-0.3, -0.25) is 9.78 Å². The van der Waals surface area contributed by atoms with E-state index in [1.54, 1.807) is 12.4 Å². The Morgan fingerprint density at radius 2 is 2.05 bits per heavy atom. The van der Waals surface area contributed by atoms with Gasteiger partial charge in [-0.2, -0.15) is 0 Å². The van der Waals surface area contributed by atoms with E-state index in [1.165, 1.54) is 0 Å². The number of hydrogen-bond acceptors (Lipinski definition) is 3. The van der Waals surface area contributed by atoms with Crippen LogP contribution >= 0.6 is 15.9 Å². The number of aromatic nitrogens is 1. The number of rotatable bonds is 5. The summed E-state index contributed by atoms with van der Waals surface area (Å²) in [4.78, 5) is 16.2. The van der Waals surface area contributed by atoms with Crippen molar-refractivity contribution in [3.8, 4) is 0 Å². The zero-order chi connectivity index (χ0) is 14.4. The first-order valence-corrected chi connectivity index (χ1v) is 7.31. The van der Waals surface area contributed by atoms with Gasteiger partial charge in [0.1, 0.15) is 0 Å². The third-order valence-electron chi connectivity index (χ3n) is 3.01. The predicted molar refractivity (Wildman–Crippen MR) is 81.5 cm³/mol. The van der Waals surface area contributed by atoms with Gasteiger partial charge in [0.25, 0.3) is 0 Å². The number of carbonyl (C=O) groups is 1. The molecule has 1 heterocycles. The molecule has 20 heavy (non-hydrogen) atoms. The molecular weight excluding hydrogens is 318 g/mol. The second-order valence-electron chi connectivity index (χ2n) is 4.42. The standard InChI is InChI=1S/C16H16BrNO2/c1-2-20-16(19)15(13-4-3-9-18-11-13)10-12-5-7-14(17)8-6-12/h3-9,11,15H,2,10H2,1H3. The van der Waals surface area contributed by atoms with Gasteiger partial charge in [0.05, 0.1) is 12.5 Å². The number of halogens is 1. The topological polar surface area (TPSA) is 39.2 Å². The maximum Gasteiger partial charge on any atom is 0.313 e. The van der Waals surface area contributed by atoms with Gasteiger partial charge in [0.2, 0.25) is 0 Å². The molecule has 0 spiro atoms. The fraction of sp³-hybridized carbons (Fsp3) is 0.250. The zero-order valence-electron chi connectivity index (χ0n) is 11.3. The summed E-state index contributed by atoms with van der Waals surface area (Å²) < 4.78 is 6.20. The number of ether oxygens (including phenoxy) is 1. The molecule has 0 aliphatic rings. The second-order valence-corrected chi connectivity index (χ2v) is 5.34. The molecule has 4 heteroatoms. The lowest BCUT2D eigenvalue weighted by Gasteiger charge is -2.15. The Bertz CT molecular complexity index is 554. The lowest BCUT2D eigenvalue weighted by Crippen LogP contribution is -2.18. The van der Waals surface area contributed by atoms with Gasteiger partial charge in [0, 0.05) is 16.9 Å². The monoisotopic (exact) mass is 333 g/mol. The van der Waals surface area contributed by atoms with Gasteiger partial charge >= 0.3 is 5.97 Å². The molecule has 104 valence electrons. The third-order valence-corrected chi connectivity index (χ3v) is 3.54. The molecule has 0 saturated carbocycles. The third kappa shape index (κ3) is 3.90. The Labute approximate surface area is 127 Å². The van der Waals surface area contributed by atoms with Gasteiger partial charge in [-0.1, -0.05) is 34.1 Å². The van der Waals surface area contributed by atoms with E-state index >= 15 is 0 Å². The summed E-state index contributed by atoms with van der Waals surface area (Å²) in [5, 5.41) is 0. The van der Waals surface area contributed by atoms with E-state index in [2.05, 4.69) is 20.9 Å². The Morgan fingerprint density at radius 1 is 1.30 bits per heavy atom. The molecule has 2 rings (SSSR count). The molecule has 0 aliphatic carbocycles. The van der Waals surface area contributed by atoms with Crippen LogP contribution in [0, 0.1) is 0 Å². The molecular formula is C16H16BrNO2. The van der Waals surface area contributed by atoms with Gasteiger partial charge in [0.15, 0.2) is 0 Å². The van der Waals surface area contributed by atoms with Crippen molar-refractivity contribution < 1.29 is 9.53 Å². The Balaban J connectivity index is 2.23. The van der Waals surface area contributed by atoms with Crippen LogP contribution in [0.25, 0.3) is 0 Å². The molecule has 3 nitrogen and oxygen atoms in total. The summed E-state index contributed by atoms with van der Waals surface area (Å²) in [6, 6.07) is 11.7. The molecule has 0 amide bonds. The van der Waals surface area contributed by atoms with Gasteiger partial charge in [-0.25, -0.2) is 0 Å². The van der Waals surface area contributed by atoms with Crippen LogP contribution in [0.5, 0.6) is 0 Å². The van der Waals surface area contributed by atoms with Crippen molar-refractivity contribution in [1.82, 2.24) is 4.98 Å². The van der Waals surface area contributed by atoms with Crippen LogP contribution in [0.1, 0.15) is 24.0 Å². The van der Waals surface area contributed by atoms with Gasteiger partial charge in [-0.15, -0.1) is 0 Å². The summed E-state index contributed by atoms with van der Waals surface area (Å²) in [6.07, 6.45) is 4.03. The zero-order valence-corrected chi connectivity index (χ0v) is 12.8. The van der Waals surface area contributed by atoms with E-state index in [0.717, 1.165) is 15.6 Å². The maximum atomic E-state index is 12.2. The summed E-state index contributed by atoms with van der Waals surface area (Å²) in [5.74, 6) is -0.520. The molecule has 0 N–H and O–H groups in total. The average Bonchev–Trinajstić information content (AvgIpc) is 2.48. The van der Waals surface area contributed by atoms with Crippen molar-refractivity contribution >= 4 is 21.9 Å². The maximum absolute atomic E-state index is 12.2. The lowest BCUT2D eigenvalue weighted by atomic mass is 9.93. The fourth-order valence-corrected chi connectivity index (χ4v) is 2.28. The first-order valence-electron chi connectivity index (χ1n) is 6.51. The van der Waals surface area contributed by atoms with E-state index in [-0.39, 0.29) is 11.9 Å². The molecule has 1 atom stereocenters. The number of benzene rings is 1. The quantitative estimate of drug-likeness (QED) is 0.782. The highest BCUT2D eigenvalue weighted by Gasteiger charge is 2.22. The van der Waals surface area contributed by atoms with Crippen LogP contribution in [0.4, 0.5) is 0 Å². The number of carbonyl (C=O) groups excluding carboxylic acids is 1. The second kappa shape index (κ2) is 7.20. The molecule has 0 aliphatic heterocycles. The SMILES string of the molecule is CCOC(=O)C(Cc1ccc(Br)cc1)c1cccnc1. The van der Waals surface area contributed by atoms with E-state index in [4.69, 9.17) is 4.74 Å². The van der Waals surface area contributed by atoms with Crippen molar-refractivity contribution in [2.75, 3.05) is 6.61 Å².